The van der Waals surface area contributed by atoms with E-state index >= 15 is 0 Å². The van der Waals surface area contributed by atoms with Crippen molar-refractivity contribution in [1.82, 2.24) is 5.32 Å². The van der Waals surface area contributed by atoms with Crippen LogP contribution in [0.1, 0.15) is 6.42 Å². The van der Waals surface area contributed by atoms with Crippen molar-refractivity contribution in [3.8, 4) is 17.6 Å². The molecular weight excluding hydrogens is 298 g/mol. The molecule has 0 saturated carbocycles. The standard InChI is InChI=1S/C16H21N3O4/c1-21-8-4-7-18-11-12(10-17)16(20)19-13-5-6-14(22-2)15(9-13)23-3/h5-6,9,11,18H,4,7-8H2,1-3H3,(H,19,20)/b12-11-. The van der Waals surface area contributed by atoms with Crippen molar-refractivity contribution >= 4 is 11.6 Å². The minimum absolute atomic E-state index is 0.0165. The van der Waals surface area contributed by atoms with Crippen LogP contribution in [0.2, 0.25) is 0 Å². The van der Waals surface area contributed by atoms with Gasteiger partial charge in [-0.1, -0.05) is 0 Å². The van der Waals surface area contributed by atoms with Crippen LogP contribution in [0.3, 0.4) is 0 Å². The van der Waals surface area contributed by atoms with Crippen molar-refractivity contribution < 1.29 is 19.0 Å². The van der Waals surface area contributed by atoms with E-state index in [0.717, 1.165) is 6.42 Å². The lowest BCUT2D eigenvalue weighted by Gasteiger charge is -2.10. The summed E-state index contributed by atoms with van der Waals surface area (Å²) in [4.78, 5) is 12.1. The topological polar surface area (TPSA) is 92.6 Å². The van der Waals surface area contributed by atoms with Crippen LogP contribution < -0.4 is 20.1 Å². The van der Waals surface area contributed by atoms with Crippen molar-refractivity contribution in [3.05, 3.63) is 30.0 Å². The molecule has 1 aromatic carbocycles. The first-order valence-electron chi connectivity index (χ1n) is 7.02. The number of carbonyl (C=O) groups excluding carboxylic acids is 1. The molecule has 0 aliphatic rings. The van der Waals surface area contributed by atoms with Crippen LogP contribution in [0.25, 0.3) is 0 Å². The fourth-order valence-electron chi connectivity index (χ4n) is 1.75. The van der Waals surface area contributed by atoms with Gasteiger partial charge in [0.1, 0.15) is 11.6 Å². The van der Waals surface area contributed by atoms with E-state index in [0.29, 0.717) is 30.3 Å². The Morgan fingerprint density at radius 3 is 2.61 bits per heavy atom. The van der Waals surface area contributed by atoms with Crippen LogP contribution in [0.4, 0.5) is 5.69 Å². The van der Waals surface area contributed by atoms with Crippen molar-refractivity contribution in [1.29, 1.82) is 5.26 Å². The second kappa shape index (κ2) is 10.1. The summed E-state index contributed by atoms with van der Waals surface area (Å²) in [6.45, 7) is 1.23. The largest absolute Gasteiger partial charge is 0.493 e. The number of nitriles is 1. The highest BCUT2D eigenvalue weighted by atomic mass is 16.5. The van der Waals surface area contributed by atoms with E-state index in [-0.39, 0.29) is 5.57 Å². The van der Waals surface area contributed by atoms with Gasteiger partial charge >= 0.3 is 0 Å². The Labute approximate surface area is 135 Å². The summed E-state index contributed by atoms with van der Waals surface area (Å²) in [7, 11) is 4.66. The Morgan fingerprint density at radius 1 is 1.26 bits per heavy atom. The fourth-order valence-corrected chi connectivity index (χ4v) is 1.75. The van der Waals surface area contributed by atoms with Gasteiger partial charge in [-0.25, -0.2) is 0 Å². The molecule has 0 spiro atoms. The van der Waals surface area contributed by atoms with Gasteiger partial charge in [0, 0.05) is 38.2 Å². The van der Waals surface area contributed by atoms with Crippen molar-refractivity contribution in [2.75, 3.05) is 39.8 Å². The van der Waals surface area contributed by atoms with Gasteiger partial charge in [0.15, 0.2) is 11.5 Å². The maximum absolute atomic E-state index is 12.1. The molecular formula is C16H21N3O4. The number of ether oxygens (including phenoxy) is 3. The predicted molar refractivity (Wildman–Crippen MR) is 86.4 cm³/mol. The lowest BCUT2D eigenvalue weighted by atomic mass is 10.2. The maximum atomic E-state index is 12.1. The third-order valence-electron chi connectivity index (χ3n) is 2.92. The summed E-state index contributed by atoms with van der Waals surface area (Å²) >= 11 is 0. The monoisotopic (exact) mass is 319 g/mol. The normalized spacial score (nSPS) is 10.6. The molecule has 0 aliphatic carbocycles. The summed E-state index contributed by atoms with van der Waals surface area (Å²) < 4.78 is 15.2. The van der Waals surface area contributed by atoms with E-state index in [9.17, 15) is 4.79 Å². The first-order valence-corrected chi connectivity index (χ1v) is 7.02. The molecule has 0 unspecified atom stereocenters. The second-order valence-electron chi connectivity index (χ2n) is 4.49. The van der Waals surface area contributed by atoms with Crippen LogP contribution in [0, 0.1) is 11.3 Å². The van der Waals surface area contributed by atoms with E-state index < -0.39 is 5.91 Å². The average molecular weight is 319 g/mol. The summed E-state index contributed by atoms with van der Waals surface area (Å²) in [6, 6.07) is 6.83. The highest BCUT2D eigenvalue weighted by Crippen LogP contribution is 2.29. The lowest BCUT2D eigenvalue weighted by Crippen LogP contribution is -2.17. The molecule has 0 heterocycles. The highest BCUT2D eigenvalue weighted by molar-refractivity contribution is 6.06. The molecule has 7 nitrogen and oxygen atoms in total. The van der Waals surface area contributed by atoms with Crippen molar-refractivity contribution in [2.24, 2.45) is 0 Å². The number of amides is 1. The molecule has 0 saturated heterocycles. The van der Waals surface area contributed by atoms with Crippen molar-refractivity contribution in [3.63, 3.8) is 0 Å². The second-order valence-corrected chi connectivity index (χ2v) is 4.49. The number of carbonyl (C=O) groups is 1. The van der Waals surface area contributed by atoms with Crippen LogP contribution >= 0.6 is 0 Å². The summed E-state index contributed by atoms with van der Waals surface area (Å²) in [5.41, 5.74) is 0.491. The van der Waals surface area contributed by atoms with Gasteiger partial charge in [-0.05, 0) is 18.6 Å². The quantitative estimate of drug-likeness (QED) is 0.409. The zero-order chi connectivity index (χ0) is 17.1. The van der Waals surface area contributed by atoms with Crippen LogP contribution in [-0.4, -0.2) is 40.4 Å². The number of anilines is 1. The van der Waals surface area contributed by atoms with E-state index in [4.69, 9.17) is 19.5 Å². The highest BCUT2D eigenvalue weighted by Gasteiger charge is 2.11. The van der Waals surface area contributed by atoms with E-state index in [1.165, 1.54) is 20.4 Å². The molecule has 1 aromatic rings. The van der Waals surface area contributed by atoms with Gasteiger partial charge < -0.3 is 24.8 Å². The van der Waals surface area contributed by atoms with E-state index in [2.05, 4.69) is 10.6 Å². The zero-order valence-electron chi connectivity index (χ0n) is 13.5. The Bertz CT molecular complexity index is 593. The van der Waals surface area contributed by atoms with Gasteiger partial charge in [-0.2, -0.15) is 5.26 Å². The lowest BCUT2D eigenvalue weighted by molar-refractivity contribution is -0.112. The first-order chi connectivity index (χ1) is 11.2. The van der Waals surface area contributed by atoms with Gasteiger partial charge in [-0.15, -0.1) is 0 Å². The molecule has 2 N–H and O–H groups in total. The van der Waals surface area contributed by atoms with E-state index in [1.807, 2.05) is 6.07 Å². The first kappa shape index (κ1) is 18.3. The third-order valence-corrected chi connectivity index (χ3v) is 2.92. The summed E-state index contributed by atoms with van der Waals surface area (Å²) in [5, 5.41) is 14.6. The number of nitrogens with zero attached hydrogens (tertiary/aromatic N) is 1. The van der Waals surface area contributed by atoms with Crippen LogP contribution in [0.5, 0.6) is 11.5 Å². The van der Waals surface area contributed by atoms with E-state index in [1.54, 1.807) is 25.3 Å². The minimum atomic E-state index is -0.501. The molecule has 7 heteroatoms. The molecule has 23 heavy (non-hydrogen) atoms. The van der Waals surface area contributed by atoms with Crippen molar-refractivity contribution in [2.45, 2.75) is 6.42 Å². The Kier molecular flexibility index (Phi) is 8.03. The number of rotatable bonds is 9. The maximum Gasteiger partial charge on any atom is 0.267 e. The zero-order valence-corrected chi connectivity index (χ0v) is 13.5. The molecule has 0 aromatic heterocycles. The Morgan fingerprint density at radius 2 is 2.00 bits per heavy atom. The molecule has 124 valence electrons. The summed E-state index contributed by atoms with van der Waals surface area (Å²) in [6.07, 6.45) is 2.18. The number of hydrogen-bond acceptors (Lipinski definition) is 6. The average Bonchev–Trinajstić information content (AvgIpc) is 2.57. The smallest absolute Gasteiger partial charge is 0.267 e. The Balaban J connectivity index is 2.69. The molecule has 0 fully saturated rings. The Hall–Kier alpha value is -2.72. The van der Waals surface area contributed by atoms with Gasteiger partial charge in [0.05, 0.1) is 14.2 Å². The fraction of sp³-hybridized carbons (Fsp3) is 0.375. The molecule has 0 radical (unpaired) electrons. The number of nitrogens with one attached hydrogen (secondary N) is 2. The minimum Gasteiger partial charge on any atom is -0.493 e. The number of methoxy groups -OCH3 is 3. The molecule has 0 bridgehead atoms. The third kappa shape index (κ3) is 5.88. The summed E-state index contributed by atoms with van der Waals surface area (Å²) in [5.74, 6) is 0.547. The molecule has 0 atom stereocenters. The predicted octanol–water partition coefficient (Wildman–Crippen LogP) is 1.68. The molecule has 0 aliphatic heterocycles. The number of benzene rings is 1. The number of hydrogen-bond donors (Lipinski definition) is 2. The SMILES string of the molecule is COCCCN/C=C(/C#N)C(=O)Nc1ccc(OC)c(OC)c1. The van der Waals surface area contributed by atoms with Gasteiger partial charge in [0.2, 0.25) is 0 Å². The van der Waals surface area contributed by atoms with Gasteiger partial charge in [0.25, 0.3) is 5.91 Å². The molecule has 1 rings (SSSR count). The van der Waals surface area contributed by atoms with Gasteiger partial charge in [-0.3, -0.25) is 4.79 Å². The van der Waals surface area contributed by atoms with Crippen LogP contribution in [-0.2, 0) is 9.53 Å². The van der Waals surface area contributed by atoms with Crippen LogP contribution in [0.15, 0.2) is 30.0 Å². The molecule has 1 amide bonds.